The van der Waals surface area contributed by atoms with Gasteiger partial charge in [-0.1, -0.05) is 0 Å². The van der Waals surface area contributed by atoms with E-state index in [1.165, 1.54) is 0 Å². The average Bonchev–Trinajstić information content (AvgIpc) is 2.58. The normalized spacial score (nSPS) is 20.1. The monoisotopic (exact) mass is 311 g/mol. The summed E-state index contributed by atoms with van der Waals surface area (Å²) in [5.41, 5.74) is 0. The van der Waals surface area contributed by atoms with Gasteiger partial charge >= 0.3 is 12.1 Å². The number of carbonyl (C=O) groups is 2. The average molecular weight is 311 g/mol. The first-order valence-corrected chi connectivity index (χ1v) is 6.92. The van der Waals surface area contributed by atoms with Gasteiger partial charge in [0.25, 0.3) is 0 Å². The Labute approximate surface area is 121 Å². The summed E-state index contributed by atoms with van der Waals surface area (Å²) in [6.07, 6.45) is -2.29. The van der Waals surface area contributed by atoms with E-state index in [1.54, 1.807) is 4.90 Å². The number of rotatable bonds is 6. The van der Waals surface area contributed by atoms with Gasteiger partial charge < -0.3 is 14.7 Å². The Morgan fingerprint density at radius 3 is 2.57 bits per heavy atom. The highest BCUT2D eigenvalue weighted by atomic mass is 19.4. The van der Waals surface area contributed by atoms with Crippen LogP contribution >= 0.6 is 0 Å². The minimum Gasteiger partial charge on any atom is -0.481 e. The smallest absolute Gasteiger partial charge is 0.411 e. The molecule has 0 spiro atoms. The molecule has 0 aromatic heterocycles. The van der Waals surface area contributed by atoms with Crippen molar-refractivity contribution in [3.05, 3.63) is 0 Å². The number of alkyl halides is 3. The molecule has 1 amide bonds. The Balaban J connectivity index is 2.27. The number of amides is 1. The van der Waals surface area contributed by atoms with Gasteiger partial charge in [-0.3, -0.25) is 9.59 Å². The number of halogens is 3. The highest BCUT2D eigenvalue weighted by Gasteiger charge is 2.27. The molecule has 1 aliphatic heterocycles. The molecule has 1 fully saturated rings. The molecule has 122 valence electrons. The Hall–Kier alpha value is -1.31. The van der Waals surface area contributed by atoms with Gasteiger partial charge in [-0.25, -0.2) is 0 Å². The molecule has 5 nitrogen and oxygen atoms in total. The molecule has 0 bridgehead atoms. The fourth-order valence-electron chi connectivity index (χ4n) is 2.37. The summed E-state index contributed by atoms with van der Waals surface area (Å²) >= 11 is 0. The first-order valence-electron chi connectivity index (χ1n) is 6.92. The number of nitrogens with zero attached hydrogens (tertiary/aromatic N) is 1. The number of carboxylic acid groups (broad SMARTS) is 1. The molecule has 0 radical (unpaired) electrons. The predicted octanol–water partition coefficient (Wildman–Crippen LogP) is 2.06. The van der Waals surface area contributed by atoms with Crippen LogP contribution in [-0.4, -0.2) is 54.4 Å². The number of aliphatic carboxylic acids is 1. The lowest BCUT2D eigenvalue weighted by atomic mass is 9.97. The maximum Gasteiger partial charge on any atom is 0.411 e. The Morgan fingerprint density at radius 1 is 1.24 bits per heavy atom. The van der Waals surface area contributed by atoms with Crippen LogP contribution in [0.1, 0.15) is 32.1 Å². The third-order valence-electron chi connectivity index (χ3n) is 3.39. The van der Waals surface area contributed by atoms with Crippen LogP contribution in [0.2, 0.25) is 0 Å². The number of carbonyl (C=O) groups excluding carboxylic acids is 1. The summed E-state index contributed by atoms with van der Waals surface area (Å²) in [6.45, 7) is -0.626. The molecular weight excluding hydrogens is 291 g/mol. The van der Waals surface area contributed by atoms with Crippen molar-refractivity contribution < 1.29 is 32.6 Å². The second-order valence-electron chi connectivity index (χ2n) is 5.19. The lowest BCUT2D eigenvalue weighted by Crippen LogP contribution is -2.33. The quantitative estimate of drug-likeness (QED) is 0.763. The van der Waals surface area contributed by atoms with E-state index in [1.807, 2.05) is 0 Å². The summed E-state index contributed by atoms with van der Waals surface area (Å²) in [4.78, 5) is 24.1. The zero-order valence-corrected chi connectivity index (χ0v) is 11.7. The van der Waals surface area contributed by atoms with Crippen LogP contribution in [0.15, 0.2) is 0 Å². The van der Waals surface area contributed by atoms with Crippen molar-refractivity contribution in [1.29, 1.82) is 0 Å². The highest BCUT2D eigenvalue weighted by Crippen LogP contribution is 2.21. The molecular formula is C13H20F3NO4. The van der Waals surface area contributed by atoms with Crippen LogP contribution < -0.4 is 0 Å². The minimum atomic E-state index is -4.38. The van der Waals surface area contributed by atoms with E-state index in [0.29, 0.717) is 25.9 Å². The van der Waals surface area contributed by atoms with Crippen molar-refractivity contribution in [2.45, 2.75) is 38.3 Å². The van der Waals surface area contributed by atoms with Gasteiger partial charge in [-0.15, -0.1) is 0 Å². The van der Waals surface area contributed by atoms with Gasteiger partial charge in [-0.2, -0.15) is 13.2 Å². The highest BCUT2D eigenvalue weighted by molar-refractivity contribution is 5.76. The van der Waals surface area contributed by atoms with E-state index < -0.39 is 18.8 Å². The van der Waals surface area contributed by atoms with E-state index >= 15 is 0 Å². The minimum absolute atomic E-state index is 0.0572. The molecule has 0 aromatic rings. The fourth-order valence-corrected chi connectivity index (χ4v) is 2.37. The van der Waals surface area contributed by atoms with Crippen LogP contribution in [0.3, 0.4) is 0 Å². The second kappa shape index (κ2) is 8.21. The molecule has 1 saturated heterocycles. The third kappa shape index (κ3) is 7.89. The van der Waals surface area contributed by atoms with Gasteiger partial charge in [0.2, 0.25) is 5.91 Å². The molecule has 0 unspecified atom stereocenters. The van der Waals surface area contributed by atoms with E-state index in [2.05, 4.69) is 4.74 Å². The standard InChI is InChI=1S/C13H20F3NO4/c14-13(15,16)9-21-7-4-11(18)17-5-1-2-10(3-6-17)8-12(19)20/h10H,1-9H2,(H,19,20)/t10-/m1/s1. The molecule has 1 atom stereocenters. The van der Waals surface area contributed by atoms with Crippen molar-refractivity contribution >= 4 is 11.9 Å². The van der Waals surface area contributed by atoms with Crippen LogP contribution in [0, 0.1) is 5.92 Å². The summed E-state index contributed by atoms with van der Waals surface area (Å²) in [7, 11) is 0. The van der Waals surface area contributed by atoms with E-state index in [9.17, 15) is 22.8 Å². The number of carboxylic acids is 1. The molecule has 0 aromatic carbocycles. The van der Waals surface area contributed by atoms with Crippen LogP contribution in [-0.2, 0) is 14.3 Å². The number of hydrogen-bond donors (Lipinski definition) is 1. The summed E-state index contributed by atoms with van der Waals surface area (Å²) in [5.74, 6) is -1.03. The molecule has 1 rings (SSSR count). The van der Waals surface area contributed by atoms with Crippen molar-refractivity contribution in [2.24, 2.45) is 5.92 Å². The molecule has 21 heavy (non-hydrogen) atoms. The second-order valence-corrected chi connectivity index (χ2v) is 5.19. The Morgan fingerprint density at radius 2 is 1.95 bits per heavy atom. The van der Waals surface area contributed by atoms with Gasteiger partial charge in [-0.05, 0) is 25.2 Å². The van der Waals surface area contributed by atoms with Crippen LogP contribution in [0.5, 0.6) is 0 Å². The van der Waals surface area contributed by atoms with Gasteiger partial charge in [0.05, 0.1) is 13.0 Å². The van der Waals surface area contributed by atoms with E-state index in [0.717, 1.165) is 6.42 Å². The third-order valence-corrected chi connectivity index (χ3v) is 3.39. The SMILES string of the molecule is O=C(O)C[C@@H]1CCCN(C(=O)CCOCC(F)(F)F)CC1. The number of ether oxygens (including phenoxy) is 1. The number of likely N-dealkylation sites (tertiary alicyclic amines) is 1. The molecule has 1 N–H and O–H groups in total. The molecule has 0 saturated carbocycles. The van der Waals surface area contributed by atoms with Crippen molar-refractivity contribution in [3.63, 3.8) is 0 Å². The van der Waals surface area contributed by atoms with Gasteiger partial charge in [0.1, 0.15) is 6.61 Å². The van der Waals surface area contributed by atoms with Crippen molar-refractivity contribution in [3.8, 4) is 0 Å². The van der Waals surface area contributed by atoms with E-state index in [4.69, 9.17) is 5.11 Å². The maximum absolute atomic E-state index is 11.9. The largest absolute Gasteiger partial charge is 0.481 e. The molecule has 8 heteroatoms. The zero-order valence-electron chi connectivity index (χ0n) is 11.7. The van der Waals surface area contributed by atoms with Crippen LogP contribution in [0.4, 0.5) is 13.2 Å². The molecule has 0 aliphatic carbocycles. The van der Waals surface area contributed by atoms with Crippen molar-refractivity contribution in [2.75, 3.05) is 26.3 Å². The first-order chi connectivity index (χ1) is 9.78. The number of hydrogen-bond acceptors (Lipinski definition) is 3. The van der Waals surface area contributed by atoms with Gasteiger partial charge in [0, 0.05) is 19.5 Å². The molecule has 1 heterocycles. The van der Waals surface area contributed by atoms with Crippen LogP contribution in [0.25, 0.3) is 0 Å². The zero-order chi connectivity index (χ0) is 15.9. The lowest BCUT2D eigenvalue weighted by Gasteiger charge is -2.20. The lowest BCUT2D eigenvalue weighted by molar-refractivity contribution is -0.175. The first kappa shape index (κ1) is 17.7. The topological polar surface area (TPSA) is 66.8 Å². The predicted molar refractivity (Wildman–Crippen MR) is 67.7 cm³/mol. The molecule has 1 aliphatic rings. The summed E-state index contributed by atoms with van der Waals surface area (Å²) < 4.78 is 40.0. The Kier molecular flexibility index (Phi) is 6.94. The summed E-state index contributed by atoms with van der Waals surface area (Å²) in [6, 6.07) is 0. The van der Waals surface area contributed by atoms with Gasteiger partial charge in [0.15, 0.2) is 0 Å². The Bertz CT molecular complexity index is 360. The fraction of sp³-hybridized carbons (Fsp3) is 0.846. The van der Waals surface area contributed by atoms with E-state index in [-0.39, 0.29) is 31.3 Å². The maximum atomic E-state index is 11.9. The summed E-state index contributed by atoms with van der Waals surface area (Å²) in [5, 5.41) is 8.75. The van der Waals surface area contributed by atoms with Crippen molar-refractivity contribution in [1.82, 2.24) is 4.90 Å².